The van der Waals surface area contributed by atoms with Crippen molar-refractivity contribution in [3.05, 3.63) is 29.3 Å². The van der Waals surface area contributed by atoms with Gasteiger partial charge in [-0.2, -0.15) is 0 Å². The van der Waals surface area contributed by atoms with Gasteiger partial charge in [0.25, 0.3) is 0 Å². The average molecular weight is 303 g/mol. The smallest absolute Gasteiger partial charge is 0.125 e. The molecule has 3 rings (SSSR count). The fourth-order valence-corrected chi connectivity index (χ4v) is 4.13. The van der Waals surface area contributed by atoms with Gasteiger partial charge in [-0.3, -0.25) is 16.0 Å². The first kappa shape index (κ1) is 15.7. The Hall–Kier alpha value is -1.14. The van der Waals surface area contributed by atoms with Crippen LogP contribution in [0.15, 0.2) is 18.2 Å². The van der Waals surface area contributed by atoms with Crippen LogP contribution in [0.1, 0.15) is 30.4 Å². The van der Waals surface area contributed by atoms with Crippen molar-refractivity contribution in [2.24, 2.45) is 5.73 Å². The molecule has 0 saturated carbocycles. The van der Waals surface area contributed by atoms with Crippen molar-refractivity contribution in [2.75, 3.05) is 39.1 Å². The third-order valence-corrected chi connectivity index (χ3v) is 5.62. The number of fused-ring (bicyclic) bond motifs is 1. The van der Waals surface area contributed by atoms with Crippen molar-refractivity contribution in [1.29, 1.82) is 0 Å². The Kier molecular flexibility index (Phi) is 4.16. The highest BCUT2D eigenvalue weighted by atomic mass is 15.3. The Morgan fingerprint density at radius 3 is 2.27 bits per heavy atom. The molecule has 2 aliphatic rings. The van der Waals surface area contributed by atoms with Gasteiger partial charge in [-0.15, -0.1) is 0 Å². The standard InChI is InChI=1S/C17H29N5/c1-19-16(20-2)12-13-7-8-14(22-9-5-4-6-10-22)11-15(13)17(16,18)21-3/h7-8,11,19-21H,4-6,9-10,12,18H2,1-3H3. The van der Waals surface area contributed by atoms with E-state index in [2.05, 4.69) is 39.0 Å². The molecular weight excluding hydrogens is 274 g/mol. The summed E-state index contributed by atoms with van der Waals surface area (Å²) in [7, 11) is 5.87. The maximum absolute atomic E-state index is 6.81. The number of nitrogens with two attached hydrogens (primary N) is 1. The SMILES string of the molecule is CNC1(NC)Cc2ccc(N3CCCCC3)cc2C1(N)NC. The number of nitrogens with zero attached hydrogens (tertiary/aromatic N) is 1. The minimum absolute atomic E-state index is 0.370. The van der Waals surface area contributed by atoms with E-state index in [9.17, 15) is 0 Å². The summed E-state index contributed by atoms with van der Waals surface area (Å²) in [6, 6.07) is 6.78. The first-order chi connectivity index (χ1) is 10.6. The van der Waals surface area contributed by atoms with Crippen molar-refractivity contribution in [3.63, 3.8) is 0 Å². The Balaban J connectivity index is 2.01. The van der Waals surface area contributed by atoms with Gasteiger partial charge in [-0.05, 0) is 63.7 Å². The second kappa shape index (κ2) is 5.81. The molecule has 0 bridgehead atoms. The zero-order chi connectivity index (χ0) is 15.8. The van der Waals surface area contributed by atoms with E-state index in [1.54, 1.807) is 0 Å². The van der Waals surface area contributed by atoms with Crippen molar-refractivity contribution in [1.82, 2.24) is 16.0 Å². The molecule has 122 valence electrons. The van der Waals surface area contributed by atoms with Crippen LogP contribution in [0, 0.1) is 0 Å². The number of benzene rings is 1. The predicted molar refractivity (Wildman–Crippen MR) is 92.0 cm³/mol. The number of hydrogen-bond acceptors (Lipinski definition) is 5. The molecule has 1 unspecified atom stereocenters. The molecule has 1 aromatic carbocycles. The third kappa shape index (κ3) is 2.15. The Bertz CT molecular complexity index is 534. The molecule has 1 fully saturated rings. The number of likely N-dealkylation sites (N-methyl/N-ethyl adjacent to an activating group) is 3. The lowest BCUT2D eigenvalue weighted by Gasteiger charge is -2.43. The lowest BCUT2D eigenvalue weighted by Crippen LogP contribution is -2.74. The monoisotopic (exact) mass is 303 g/mol. The average Bonchev–Trinajstić information content (AvgIpc) is 2.85. The Labute approximate surface area is 133 Å². The summed E-state index contributed by atoms with van der Waals surface area (Å²) in [5.74, 6) is 0. The van der Waals surface area contributed by atoms with E-state index in [4.69, 9.17) is 5.73 Å². The summed E-state index contributed by atoms with van der Waals surface area (Å²) in [5, 5.41) is 10.2. The normalized spacial score (nSPS) is 27.0. The first-order valence-electron chi connectivity index (χ1n) is 8.34. The van der Waals surface area contributed by atoms with E-state index in [0.717, 1.165) is 19.5 Å². The number of nitrogens with one attached hydrogen (secondary N) is 3. The van der Waals surface area contributed by atoms with Gasteiger partial charge in [-0.1, -0.05) is 6.07 Å². The van der Waals surface area contributed by atoms with E-state index in [-0.39, 0.29) is 5.66 Å². The zero-order valence-electron chi connectivity index (χ0n) is 14.0. The van der Waals surface area contributed by atoms with Crippen LogP contribution >= 0.6 is 0 Å². The quantitative estimate of drug-likeness (QED) is 0.617. The van der Waals surface area contributed by atoms with Gasteiger partial charge in [0.2, 0.25) is 0 Å². The highest BCUT2D eigenvalue weighted by Gasteiger charge is 2.53. The van der Waals surface area contributed by atoms with E-state index in [1.165, 1.54) is 36.1 Å². The summed E-state index contributed by atoms with van der Waals surface area (Å²) in [6.45, 7) is 2.30. The van der Waals surface area contributed by atoms with E-state index >= 15 is 0 Å². The van der Waals surface area contributed by atoms with Gasteiger partial charge >= 0.3 is 0 Å². The van der Waals surface area contributed by atoms with E-state index in [1.807, 2.05) is 21.1 Å². The number of rotatable bonds is 4. The molecule has 0 spiro atoms. The van der Waals surface area contributed by atoms with Crippen LogP contribution in [0.25, 0.3) is 0 Å². The van der Waals surface area contributed by atoms with Crippen molar-refractivity contribution < 1.29 is 0 Å². The second-order valence-corrected chi connectivity index (χ2v) is 6.53. The molecule has 5 N–H and O–H groups in total. The minimum Gasteiger partial charge on any atom is -0.372 e. The van der Waals surface area contributed by atoms with Crippen LogP contribution in [-0.2, 0) is 12.1 Å². The van der Waals surface area contributed by atoms with Gasteiger partial charge in [0.1, 0.15) is 11.3 Å². The molecule has 1 saturated heterocycles. The molecule has 1 aliphatic carbocycles. The van der Waals surface area contributed by atoms with Crippen LogP contribution in [0.3, 0.4) is 0 Å². The maximum Gasteiger partial charge on any atom is 0.125 e. The molecular formula is C17H29N5. The van der Waals surface area contributed by atoms with Crippen LogP contribution in [0.2, 0.25) is 0 Å². The van der Waals surface area contributed by atoms with Gasteiger partial charge in [0.05, 0.1) is 0 Å². The van der Waals surface area contributed by atoms with Gasteiger partial charge < -0.3 is 10.6 Å². The molecule has 5 nitrogen and oxygen atoms in total. The summed E-state index contributed by atoms with van der Waals surface area (Å²) < 4.78 is 0. The van der Waals surface area contributed by atoms with Gasteiger partial charge in [0, 0.05) is 25.2 Å². The fourth-order valence-electron chi connectivity index (χ4n) is 4.13. The minimum atomic E-state index is -0.627. The molecule has 5 heteroatoms. The number of hydrogen-bond donors (Lipinski definition) is 4. The Morgan fingerprint density at radius 1 is 1.00 bits per heavy atom. The molecule has 1 aromatic rings. The summed E-state index contributed by atoms with van der Waals surface area (Å²) in [4.78, 5) is 2.48. The molecule has 0 radical (unpaired) electrons. The lowest BCUT2D eigenvalue weighted by molar-refractivity contribution is 0.136. The topological polar surface area (TPSA) is 65.3 Å². The Morgan fingerprint density at radius 2 is 1.68 bits per heavy atom. The summed E-state index contributed by atoms with van der Waals surface area (Å²) in [5.41, 5.74) is 9.62. The molecule has 1 atom stereocenters. The number of piperidine rings is 1. The largest absolute Gasteiger partial charge is 0.372 e. The summed E-state index contributed by atoms with van der Waals surface area (Å²) >= 11 is 0. The van der Waals surface area contributed by atoms with Crippen LogP contribution in [0.4, 0.5) is 5.69 Å². The molecule has 1 heterocycles. The lowest BCUT2D eigenvalue weighted by atomic mass is 9.93. The molecule has 1 aliphatic heterocycles. The fraction of sp³-hybridized carbons (Fsp3) is 0.647. The van der Waals surface area contributed by atoms with Crippen LogP contribution < -0.4 is 26.6 Å². The summed E-state index contributed by atoms with van der Waals surface area (Å²) in [6.07, 6.45) is 4.79. The first-order valence-corrected chi connectivity index (χ1v) is 8.34. The van der Waals surface area contributed by atoms with Crippen LogP contribution in [0.5, 0.6) is 0 Å². The van der Waals surface area contributed by atoms with Crippen LogP contribution in [-0.4, -0.2) is 39.9 Å². The highest BCUT2D eigenvalue weighted by molar-refractivity contribution is 5.56. The van der Waals surface area contributed by atoms with Crippen molar-refractivity contribution in [2.45, 2.75) is 37.0 Å². The van der Waals surface area contributed by atoms with Crippen molar-refractivity contribution in [3.8, 4) is 0 Å². The van der Waals surface area contributed by atoms with E-state index < -0.39 is 5.66 Å². The number of anilines is 1. The zero-order valence-corrected chi connectivity index (χ0v) is 14.0. The maximum atomic E-state index is 6.81. The molecule has 0 aromatic heterocycles. The third-order valence-electron chi connectivity index (χ3n) is 5.62. The predicted octanol–water partition coefficient (Wildman–Crippen LogP) is 0.699. The molecule has 0 amide bonds. The highest BCUT2D eigenvalue weighted by Crippen LogP contribution is 2.40. The second-order valence-electron chi connectivity index (χ2n) is 6.53. The molecule has 22 heavy (non-hydrogen) atoms. The van der Waals surface area contributed by atoms with Gasteiger partial charge in [0.15, 0.2) is 0 Å². The van der Waals surface area contributed by atoms with E-state index in [0.29, 0.717) is 0 Å². The van der Waals surface area contributed by atoms with Crippen molar-refractivity contribution >= 4 is 5.69 Å². The van der Waals surface area contributed by atoms with Gasteiger partial charge in [-0.25, -0.2) is 0 Å².